The van der Waals surface area contributed by atoms with Crippen LogP contribution in [0.3, 0.4) is 0 Å². The molecule has 0 aliphatic carbocycles. The molecule has 0 saturated carbocycles. The van der Waals surface area contributed by atoms with Gasteiger partial charge in [0, 0.05) is 48.3 Å². The standard InChI is InChI=1S/C63H75FN8O14/c1-41(2)58-57(61(79)66-45-12-5-3-6-13-45)55(59(42-18-20-44(64)21-19-42)71(58)26-24-47(73)38-48(74)39-54(76)77)43-11-9-15-49(37-43)86-28-8-4-7-14-46-40-70(69-68-46)27-30-83-32-34-85-36-35-84-33-31-82-29-25-65-51-17-10-16-50-56(51)63(81)72(62(50)80)52-22-23-53(75)67-60(52)78/h3,5-6,9-13,15-21,37,40-41,47-48,52,65,73-74H,4,7-8,14,22-36,38-39H2,1-2H3,(H,66,79)(H,76,77)(H,67,75,78). The molecule has 458 valence electrons. The summed E-state index contributed by atoms with van der Waals surface area (Å²) in [5.41, 5.74) is 5.95. The number of carbonyl (C=O) groups excluding carboxylic acids is 5. The van der Waals surface area contributed by atoms with Crippen molar-refractivity contribution < 1.29 is 72.2 Å². The van der Waals surface area contributed by atoms with Crippen LogP contribution in [0.5, 0.6) is 5.75 Å². The summed E-state index contributed by atoms with van der Waals surface area (Å²) in [5, 5.41) is 47.6. The Morgan fingerprint density at radius 3 is 2.17 bits per heavy atom. The van der Waals surface area contributed by atoms with Crippen molar-refractivity contribution >= 4 is 46.9 Å². The fraction of sp³-hybridized carbons (Fsp3) is 0.429. The van der Waals surface area contributed by atoms with E-state index in [0.717, 1.165) is 36.3 Å². The number of rotatable bonds is 36. The van der Waals surface area contributed by atoms with Gasteiger partial charge in [0.15, 0.2) is 0 Å². The van der Waals surface area contributed by atoms with E-state index in [-0.39, 0.29) is 55.2 Å². The highest BCUT2D eigenvalue weighted by Crippen LogP contribution is 2.44. The molecule has 6 aromatic rings. The van der Waals surface area contributed by atoms with E-state index < -0.39 is 60.1 Å². The number of imide groups is 2. The van der Waals surface area contributed by atoms with Crippen LogP contribution in [0.4, 0.5) is 15.8 Å². The summed E-state index contributed by atoms with van der Waals surface area (Å²) in [7, 11) is 0. The molecule has 6 N–H and O–H groups in total. The second kappa shape index (κ2) is 31.8. The predicted molar refractivity (Wildman–Crippen MR) is 315 cm³/mol. The Bertz CT molecular complexity index is 3260. The van der Waals surface area contributed by atoms with Crippen LogP contribution >= 0.6 is 0 Å². The Kier molecular flexibility index (Phi) is 23.6. The molecule has 2 aromatic heterocycles. The summed E-state index contributed by atoms with van der Waals surface area (Å²) in [6, 6.07) is 26.5. The van der Waals surface area contributed by atoms with E-state index >= 15 is 0 Å². The van der Waals surface area contributed by atoms with E-state index in [1.807, 2.05) is 67.1 Å². The minimum atomic E-state index is -1.24. The van der Waals surface area contributed by atoms with E-state index in [2.05, 4.69) is 26.3 Å². The van der Waals surface area contributed by atoms with Gasteiger partial charge < -0.3 is 54.2 Å². The van der Waals surface area contributed by atoms with Crippen LogP contribution in [0, 0.1) is 5.82 Å². The van der Waals surface area contributed by atoms with E-state index in [0.29, 0.717) is 123 Å². The lowest BCUT2D eigenvalue weighted by Crippen LogP contribution is -2.54. The van der Waals surface area contributed by atoms with Crippen molar-refractivity contribution in [1.29, 1.82) is 0 Å². The number of ether oxygens (including phenoxy) is 5. The molecular formula is C63H75FN8O14. The molecule has 0 radical (unpaired) electrons. The monoisotopic (exact) mass is 1190 g/mol. The third kappa shape index (κ3) is 17.5. The number of nitrogens with one attached hydrogen (secondary N) is 3. The Balaban J connectivity index is 0.727. The van der Waals surface area contributed by atoms with Gasteiger partial charge >= 0.3 is 5.97 Å². The van der Waals surface area contributed by atoms with Crippen molar-refractivity contribution in [1.82, 2.24) is 29.8 Å². The average molecular weight is 1190 g/mol. The Hall–Kier alpha value is -8.19. The zero-order valence-electron chi connectivity index (χ0n) is 48.4. The molecule has 0 bridgehead atoms. The number of aliphatic hydroxyl groups excluding tert-OH is 2. The van der Waals surface area contributed by atoms with Gasteiger partial charge in [-0.2, -0.15) is 0 Å². The number of fused-ring (bicyclic) bond motifs is 1. The van der Waals surface area contributed by atoms with E-state index in [4.69, 9.17) is 23.7 Å². The molecule has 22 nitrogen and oxygen atoms in total. The first-order valence-corrected chi connectivity index (χ1v) is 29.1. The maximum absolute atomic E-state index is 14.7. The first kappa shape index (κ1) is 63.8. The molecule has 2 aliphatic heterocycles. The van der Waals surface area contributed by atoms with Crippen molar-refractivity contribution in [2.45, 2.75) is 109 Å². The highest BCUT2D eigenvalue weighted by atomic mass is 19.1. The smallest absolute Gasteiger partial charge is 0.305 e. The molecular weight excluding hydrogens is 1110 g/mol. The molecule has 23 heteroatoms. The topological polar surface area (TPSA) is 284 Å². The van der Waals surface area contributed by atoms with Gasteiger partial charge in [0.2, 0.25) is 11.8 Å². The summed E-state index contributed by atoms with van der Waals surface area (Å²) in [5.74, 6) is -3.81. The lowest BCUT2D eigenvalue weighted by molar-refractivity contribution is -0.140. The number of piperidine rings is 1. The number of aliphatic carboxylic acids is 1. The Morgan fingerprint density at radius 1 is 0.756 bits per heavy atom. The van der Waals surface area contributed by atoms with E-state index in [1.54, 1.807) is 47.1 Å². The molecule has 5 amide bonds. The second-order valence-corrected chi connectivity index (χ2v) is 21.3. The lowest BCUT2D eigenvalue weighted by atomic mass is 9.94. The number of carboxylic acid groups (broad SMARTS) is 1. The number of carbonyl (C=O) groups is 6. The van der Waals surface area contributed by atoms with Crippen LogP contribution in [-0.2, 0) is 52.8 Å². The zero-order chi connectivity index (χ0) is 61.0. The minimum absolute atomic E-state index is 0.0470. The number of carboxylic acids is 1. The first-order valence-electron chi connectivity index (χ1n) is 29.1. The third-order valence-electron chi connectivity index (χ3n) is 14.5. The molecule has 2 aliphatic rings. The number of nitrogens with zero attached hydrogens (tertiary/aromatic N) is 5. The number of anilines is 2. The lowest BCUT2D eigenvalue weighted by Gasteiger charge is -2.27. The van der Waals surface area contributed by atoms with Crippen molar-refractivity contribution in [2.24, 2.45) is 0 Å². The molecule has 1 fully saturated rings. The largest absolute Gasteiger partial charge is 0.494 e. The predicted octanol–water partition coefficient (Wildman–Crippen LogP) is 7.28. The zero-order valence-corrected chi connectivity index (χ0v) is 48.4. The van der Waals surface area contributed by atoms with Gasteiger partial charge in [-0.15, -0.1) is 5.10 Å². The van der Waals surface area contributed by atoms with Crippen LogP contribution in [0.15, 0.2) is 103 Å². The normalized spacial score (nSPS) is 14.8. The van der Waals surface area contributed by atoms with Crippen LogP contribution < -0.4 is 20.7 Å². The van der Waals surface area contributed by atoms with Gasteiger partial charge in [-0.3, -0.25) is 39.0 Å². The number of amides is 5. The van der Waals surface area contributed by atoms with Gasteiger partial charge in [-0.1, -0.05) is 55.5 Å². The maximum atomic E-state index is 14.7. The summed E-state index contributed by atoms with van der Waals surface area (Å²) < 4.78 is 47.2. The summed E-state index contributed by atoms with van der Waals surface area (Å²) in [6.07, 6.45) is 2.48. The van der Waals surface area contributed by atoms with Gasteiger partial charge in [0.1, 0.15) is 17.6 Å². The van der Waals surface area contributed by atoms with E-state index in [1.165, 1.54) is 12.1 Å². The number of aliphatic hydroxyl groups is 2. The average Bonchev–Trinajstić information content (AvgIpc) is 1.99. The quantitative estimate of drug-likeness (QED) is 0.0166. The Morgan fingerprint density at radius 2 is 1.47 bits per heavy atom. The number of halogens is 1. The fourth-order valence-corrected chi connectivity index (χ4v) is 10.5. The van der Waals surface area contributed by atoms with Gasteiger partial charge in [-0.05, 0) is 123 Å². The van der Waals surface area contributed by atoms with Crippen LogP contribution in [-0.4, -0.2) is 160 Å². The van der Waals surface area contributed by atoms with Crippen molar-refractivity contribution in [2.75, 3.05) is 76.6 Å². The van der Waals surface area contributed by atoms with Gasteiger partial charge in [0.25, 0.3) is 17.7 Å². The van der Waals surface area contributed by atoms with Gasteiger partial charge in [0.05, 0.1) is 113 Å². The molecule has 4 aromatic carbocycles. The maximum Gasteiger partial charge on any atom is 0.305 e. The SMILES string of the molecule is CC(C)c1c(C(=O)Nc2ccccc2)c(-c2cccc(OCCCCCc3cn(CCOCCOCCOCCOCCNc4cccc5c4C(=O)N(C4CCC(=O)NC4=O)C5=O)nn3)c2)c(-c2ccc(F)cc2)n1CCC(O)CC(O)CC(=O)O. The molecule has 3 atom stereocenters. The van der Waals surface area contributed by atoms with Crippen LogP contribution in [0.1, 0.15) is 114 Å². The summed E-state index contributed by atoms with van der Waals surface area (Å²) in [6.45, 7) is 8.47. The highest BCUT2D eigenvalue weighted by Gasteiger charge is 2.45. The molecule has 0 spiro atoms. The van der Waals surface area contributed by atoms with Crippen molar-refractivity contribution in [3.63, 3.8) is 0 Å². The number of para-hydroxylation sites is 1. The molecule has 3 unspecified atom stereocenters. The number of benzene rings is 4. The van der Waals surface area contributed by atoms with Crippen molar-refractivity contribution in [3.8, 4) is 28.1 Å². The summed E-state index contributed by atoms with van der Waals surface area (Å²) >= 11 is 0. The first-order chi connectivity index (χ1) is 41.7. The highest BCUT2D eigenvalue weighted by molar-refractivity contribution is 6.25. The molecule has 4 heterocycles. The number of hydrogen-bond donors (Lipinski definition) is 6. The Labute approximate surface area is 497 Å². The molecule has 1 saturated heterocycles. The number of aryl methyl sites for hydroxylation is 1. The number of unbranched alkanes of at least 4 members (excludes halogenated alkanes) is 2. The second-order valence-electron chi connectivity index (χ2n) is 21.3. The number of hydrogen-bond acceptors (Lipinski definition) is 16. The van der Waals surface area contributed by atoms with Crippen LogP contribution in [0.2, 0.25) is 0 Å². The number of aromatic nitrogens is 4. The van der Waals surface area contributed by atoms with Crippen molar-refractivity contribution in [3.05, 3.63) is 137 Å². The third-order valence-corrected chi connectivity index (χ3v) is 14.5. The van der Waals surface area contributed by atoms with E-state index in [9.17, 15) is 48.5 Å². The fourth-order valence-electron chi connectivity index (χ4n) is 10.5. The van der Waals surface area contributed by atoms with Gasteiger partial charge in [-0.25, -0.2) is 9.07 Å². The molecule has 86 heavy (non-hydrogen) atoms. The molecule has 8 rings (SSSR count). The summed E-state index contributed by atoms with van der Waals surface area (Å²) in [4.78, 5) is 77.2. The van der Waals surface area contributed by atoms with Crippen LogP contribution in [0.25, 0.3) is 22.4 Å². The minimum Gasteiger partial charge on any atom is -0.494 e.